The molecule has 0 spiro atoms. The van der Waals surface area contributed by atoms with Gasteiger partial charge in [-0.15, -0.1) is 0 Å². The topological polar surface area (TPSA) is 25.2 Å². The van der Waals surface area contributed by atoms with E-state index in [1.807, 2.05) is 12.1 Å². The third kappa shape index (κ3) is 4.29. The zero-order valence-corrected chi connectivity index (χ0v) is 24.2. The highest BCUT2D eigenvalue weighted by Crippen LogP contribution is 2.47. The normalized spacial score (nSPS) is 18.4. The molecule has 2 heteroatoms. The van der Waals surface area contributed by atoms with Gasteiger partial charge >= 0.3 is 0 Å². The molecule has 2 nitrogen and oxygen atoms in total. The van der Waals surface area contributed by atoms with Crippen LogP contribution in [0.4, 0.5) is 5.69 Å². The van der Waals surface area contributed by atoms with Gasteiger partial charge in [0.1, 0.15) is 5.58 Å². The van der Waals surface area contributed by atoms with Gasteiger partial charge in [0.25, 0.3) is 0 Å². The van der Waals surface area contributed by atoms with Gasteiger partial charge in [-0.1, -0.05) is 101 Å². The van der Waals surface area contributed by atoms with E-state index in [9.17, 15) is 0 Å². The highest BCUT2D eigenvalue weighted by Gasteiger charge is 2.38. The van der Waals surface area contributed by atoms with E-state index < -0.39 is 0 Å². The molecule has 37 heavy (non-hydrogen) atoms. The molecule has 5 rings (SSSR count). The first-order chi connectivity index (χ1) is 17.3. The fourth-order valence-corrected chi connectivity index (χ4v) is 6.21. The standard InChI is InChI=1S/C35H43NO/c1-22(24(3)36-30-15-12-14-27-26-13-10-11-16-31(26)37-32(27)30)23(2)35(8,9)25-17-18-28-29(21-25)34(6,7)20-19-33(28,4)5/h10-18,21,24,36H,19-20H2,1-9H3/t24-/m1/s1. The minimum atomic E-state index is -0.0713. The highest BCUT2D eigenvalue weighted by molar-refractivity contribution is 6.08. The van der Waals surface area contributed by atoms with E-state index in [-0.39, 0.29) is 22.3 Å². The van der Waals surface area contributed by atoms with Gasteiger partial charge < -0.3 is 9.73 Å². The fourth-order valence-electron chi connectivity index (χ4n) is 6.21. The van der Waals surface area contributed by atoms with Crippen LogP contribution in [-0.4, -0.2) is 6.04 Å². The van der Waals surface area contributed by atoms with Gasteiger partial charge in [-0.25, -0.2) is 0 Å². The van der Waals surface area contributed by atoms with Gasteiger partial charge in [0.15, 0.2) is 5.58 Å². The quantitative estimate of drug-likeness (QED) is 0.280. The van der Waals surface area contributed by atoms with E-state index in [4.69, 9.17) is 4.42 Å². The fraction of sp³-hybridized carbons (Fsp3) is 0.429. The van der Waals surface area contributed by atoms with Gasteiger partial charge in [-0.3, -0.25) is 0 Å². The molecule has 1 atom stereocenters. The molecule has 194 valence electrons. The maximum Gasteiger partial charge on any atom is 0.158 e. The maximum atomic E-state index is 6.27. The van der Waals surface area contributed by atoms with Crippen LogP contribution >= 0.6 is 0 Å². The molecule has 4 aromatic rings. The van der Waals surface area contributed by atoms with Crippen LogP contribution in [0.2, 0.25) is 0 Å². The molecule has 0 amide bonds. The van der Waals surface area contributed by atoms with Crippen LogP contribution in [0.15, 0.2) is 76.2 Å². The zero-order valence-electron chi connectivity index (χ0n) is 24.2. The summed E-state index contributed by atoms with van der Waals surface area (Å²) in [6.07, 6.45) is 2.48. The largest absolute Gasteiger partial charge is 0.454 e. The molecule has 1 aliphatic carbocycles. The van der Waals surface area contributed by atoms with E-state index in [1.54, 1.807) is 0 Å². The lowest BCUT2D eigenvalue weighted by atomic mass is 9.62. The number of anilines is 1. The molecule has 0 unspecified atom stereocenters. The summed E-state index contributed by atoms with van der Waals surface area (Å²) in [5, 5.41) is 6.09. The molecule has 0 radical (unpaired) electrons. The number of para-hydroxylation sites is 2. The Bertz CT molecular complexity index is 1510. The zero-order chi connectivity index (χ0) is 26.8. The van der Waals surface area contributed by atoms with Crippen LogP contribution in [0.3, 0.4) is 0 Å². The van der Waals surface area contributed by atoms with Crippen molar-refractivity contribution in [2.75, 3.05) is 5.32 Å². The van der Waals surface area contributed by atoms with E-state index in [2.05, 4.69) is 116 Å². The summed E-state index contributed by atoms with van der Waals surface area (Å²) in [6, 6.07) is 22.1. The van der Waals surface area contributed by atoms with Gasteiger partial charge in [-0.2, -0.15) is 0 Å². The number of benzene rings is 3. The predicted molar refractivity (Wildman–Crippen MR) is 160 cm³/mol. The van der Waals surface area contributed by atoms with Crippen molar-refractivity contribution in [2.45, 2.75) is 97.4 Å². The van der Waals surface area contributed by atoms with Crippen molar-refractivity contribution in [1.82, 2.24) is 0 Å². The summed E-state index contributed by atoms with van der Waals surface area (Å²) in [7, 11) is 0. The number of allylic oxidation sites excluding steroid dienone is 1. The molecule has 1 N–H and O–H groups in total. The van der Waals surface area contributed by atoms with Gasteiger partial charge in [-0.05, 0) is 73.3 Å². The highest BCUT2D eigenvalue weighted by atomic mass is 16.3. The Morgan fingerprint density at radius 1 is 0.838 bits per heavy atom. The van der Waals surface area contributed by atoms with Crippen molar-refractivity contribution in [3.8, 4) is 0 Å². The second kappa shape index (κ2) is 8.79. The van der Waals surface area contributed by atoms with E-state index >= 15 is 0 Å². The molecule has 1 aliphatic rings. The average Bonchev–Trinajstić information content (AvgIpc) is 3.25. The molecule has 0 saturated heterocycles. The summed E-state index contributed by atoms with van der Waals surface area (Å²) in [5.41, 5.74) is 10.5. The van der Waals surface area contributed by atoms with E-state index in [1.165, 1.54) is 40.7 Å². The van der Waals surface area contributed by atoms with Crippen LogP contribution in [0.5, 0.6) is 0 Å². The van der Waals surface area contributed by atoms with Crippen molar-refractivity contribution in [1.29, 1.82) is 0 Å². The van der Waals surface area contributed by atoms with E-state index in [0.29, 0.717) is 0 Å². The molecule has 1 heterocycles. The molecular weight excluding hydrogens is 450 g/mol. The first-order valence-corrected chi connectivity index (χ1v) is 13.8. The number of hydrogen-bond donors (Lipinski definition) is 1. The van der Waals surface area contributed by atoms with Crippen LogP contribution < -0.4 is 5.32 Å². The third-order valence-corrected chi connectivity index (χ3v) is 9.53. The van der Waals surface area contributed by atoms with Gasteiger partial charge in [0.05, 0.1) is 5.69 Å². The molecule has 3 aromatic carbocycles. The Kier molecular flexibility index (Phi) is 6.09. The monoisotopic (exact) mass is 493 g/mol. The van der Waals surface area contributed by atoms with Crippen LogP contribution in [0.1, 0.15) is 91.8 Å². The molecule has 1 aromatic heterocycles. The Morgan fingerprint density at radius 2 is 1.49 bits per heavy atom. The predicted octanol–water partition coefficient (Wildman–Crippen LogP) is 10.0. The van der Waals surface area contributed by atoms with Gasteiger partial charge in [0, 0.05) is 22.2 Å². The number of nitrogens with one attached hydrogen (secondary N) is 1. The van der Waals surface area contributed by atoms with Crippen LogP contribution in [0, 0.1) is 0 Å². The lowest BCUT2D eigenvalue weighted by Crippen LogP contribution is -2.34. The van der Waals surface area contributed by atoms with Crippen molar-refractivity contribution >= 4 is 27.6 Å². The maximum absolute atomic E-state index is 6.27. The van der Waals surface area contributed by atoms with Crippen molar-refractivity contribution in [3.63, 3.8) is 0 Å². The lowest BCUT2D eigenvalue weighted by Gasteiger charge is -2.43. The number of rotatable bonds is 5. The summed E-state index contributed by atoms with van der Waals surface area (Å²) < 4.78 is 6.27. The average molecular weight is 494 g/mol. The first-order valence-electron chi connectivity index (χ1n) is 13.8. The van der Waals surface area contributed by atoms with Gasteiger partial charge in [0.2, 0.25) is 0 Å². The number of fused-ring (bicyclic) bond motifs is 4. The van der Waals surface area contributed by atoms with Crippen LogP contribution in [-0.2, 0) is 16.2 Å². The van der Waals surface area contributed by atoms with Crippen LogP contribution in [0.25, 0.3) is 21.9 Å². The smallest absolute Gasteiger partial charge is 0.158 e. The minimum Gasteiger partial charge on any atom is -0.454 e. The Labute approximate surface area is 223 Å². The molecular formula is C35H43NO. The second-order valence-electron chi connectivity index (χ2n) is 13.1. The Hall–Kier alpha value is -3.00. The molecule has 0 fully saturated rings. The third-order valence-electron chi connectivity index (χ3n) is 9.53. The first kappa shape index (κ1) is 25.6. The molecule has 0 bridgehead atoms. The van der Waals surface area contributed by atoms with Crippen molar-refractivity contribution in [2.24, 2.45) is 0 Å². The summed E-state index contributed by atoms with van der Waals surface area (Å²) in [6.45, 7) is 21.2. The summed E-state index contributed by atoms with van der Waals surface area (Å²) >= 11 is 0. The molecule has 0 aliphatic heterocycles. The number of furan rings is 1. The second-order valence-corrected chi connectivity index (χ2v) is 13.1. The molecule has 0 saturated carbocycles. The SMILES string of the molecule is CC(=C(C)C(C)(C)c1ccc2c(c1)C(C)(C)CCC2(C)C)[C@@H](C)Nc1cccc2c1oc1ccccc12. The van der Waals surface area contributed by atoms with Crippen molar-refractivity contribution < 1.29 is 4.42 Å². The minimum absolute atomic E-state index is 0.0713. The van der Waals surface area contributed by atoms with Crippen molar-refractivity contribution in [3.05, 3.63) is 88.5 Å². The van der Waals surface area contributed by atoms with E-state index in [0.717, 1.165) is 27.6 Å². The number of hydrogen-bond acceptors (Lipinski definition) is 2. The Balaban J connectivity index is 1.49. The lowest BCUT2D eigenvalue weighted by molar-refractivity contribution is 0.331. The summed E-state index contributed by atoms with van der Waals surface area (Å²) in [5.74, 6) is 0. The Morgan fingerprint density at radius 3 is 2.22 bits per heavy atom. The summed E-state index contributed by atoms with van der Waals surface area (Å²) in [4.78, 5) is 0.